The Morgan fingerprint density at radius 2 is 2.03 bits per heavy atom. The van der Waals surface area contributed by atoms with E-state index in [1.165, 1.54) is 29.9 Å². The Balaban J connectivity index is 1.53. The molecule has 1 saturated heterocycles. The van der Waals surface area contributed by atoms with Crippen LogP contribution in [0.1, 0.15) is 6.42 Å². The number of nitrogens with one attached hydrogen (secondary N) is 4. The van der Waals surface area contributed by atoms with Crippen LogP contribution >= 0.6 is 11.3 Å². The lowest BCUT2D eigenvalue weighted by molar-refractivity contribution is 0.197. The Morgan fingerprint density at radius 1 is 1.19 bits per heavy atom. The van der Waals surface area contributed by atoms with Crippen LogP contribution in [0.4, 0.5) is 20.4 Å². The summed E-state index contributed by atoms with van der Waals surface area (Å²) in [5.74, 6) is 1.28. The fourth-order valence-corrected chi connectivity index (χ4v) is 4.11. The molecule has 0 radical (unpaired) electrons. The number of thiophene rings is 1. The molecule has 0 spiro atoms. The maximum Gasteiger partial charge on any atom is 0.412 e. The largest absolute Gasteiger partial charge is 0.497 e. The summed E-state index contributed by atoms with van der Waals surface area (Å²) in [5, 5.41) is 11.7. The van der Waals surface area contributed by atoms with Crippen LogP contribution in [0.3, 0.4) is 0 Å². The van der Waals surface area contributed by atoms with E-state index in [1.807, 2.05) is 24.3 Å². The number of nitrogens with zero attached hydrogens (tertiary/aromatic N) is 2. The lowest BCUT2D eigenvalue weighted by Crippen LogP contribution is -2.38. The molecule has 32 heavy (non-hydrogen) atoms. The lowest BCUT2D eigenvalue weighted by atomic mass is 10.2. The highest BCUT2D eigenvalue weighted by atomic mass is 32.1. The predicted molar refractivity (Wildman–Crippen MR) is 121 cm³/mol. The van der Waals surface area contributed by atoms with Gasteiger partial charge in [0, 0.05) is 35.9 Å². The van der Waals surface area contributed by atoms with Crippen molar-refractivity contribution in [3.05, 3.63) is 48.9 Å². The molecule has 1 aromatic carbocycles. The topological polar surface area (TPSA) is 126 Å². The molecule has 1 fully saturated rings. The zero-order valence-electron chi connectivity index (χ0n) is 17.3. The number of aromatic nitrogens is 2. The zero-order chi connectivity index (χ0) is 22.3. The van der Waals surface area contributed by atoms with Gasteiger partial charge in [0.1, 0.15) is 10.8 Å². The molecule has 10 nitrogen and oxygen atoms in total. The van der Waals surface area contributed by atoms with Gasteiger partial charge in [0.25, 0.3) is 0 Å². The molecule has 11 heteroatoms. The van der Waals surface area contributed by atoms with E-state index in [1.54, 1.807) is 13.2 Å². The molecular weight excluding hydrogens is 432 g/mol. The van der Waals surface area contributed by atoms with Gasteiger partial charge in [-0.25, -0.2) is 14.6 Å². The molecule has 4 N–H and O–H groups in total. The van der Waals surface area contributed by atoms with Crippen LogP contribution in [0.5, 0.6) is 11.5 Å². The molecule has 0 aliphatic carbocycles. The SMILES string of the molecule is COc1ccc(-c2cc(OC(=O)N[C@H]3CCNC3)c(NC(=O)Nc3cnccn3)s2)cc1. The van der Waals surface area contributed by atoms with Crippen molar-refractivity contribution in [2.24, 2.45) is 0 Å². The van der Waals surface area contributed by atoms with Crippen LogP contribution in [-0.2, 0) is 0 Å². The maximum atomic E-state index is 12.5. The van der Waals surface area contributed by atoms with Crippen LogP contribution in [0.2, 0.25) is 0 Å². The Labute approximate surface area is 188 Å². The van der Waals surface area contributed by atoms with Gasteiger partial charge in [0.2, 0.25) is 0 Å². The molecule has 4 rings (SSSR count). The summed E-state index contributed by atoms with van der Waals surface area (Å²) in [7, 11) is 1.60. The van der Waals surface area contributed by atoms with E-state index in [2.05, 4.69) is 31.2 Å². The Hall–Kier alpha value is -3.70. The summed E-state index contributed by atoms with van der Waals surface area (Å²) in [6.07, 6.45) is 4.67. The molecule has 0 saturated carbocycles. The van der Waals surface area contributed by atoms with Gasteiger partial charge < -0.3 is 20.1 Å². The van der Waals surface area contributed by atoms with E-state index < -0.39 is 12.1 Å². The average molecular weight is 455 g/mol. The fraction of sp³-hybridized carbons (Fsp3) is 0.238. The summed E-state index contributed by atoms with van der Waals surface area (Å²) in [6, 6.07) is 8.66. The molecule has 0 unspecified atom stereocenters. The van der Waals surface area contributed by atoms with Crippen LogP contribution in [0.25, 0.3) is 10.4 Å². The highest BCUT2D eigenvalue weighted by Gasteiger charge is 2.21. The number of hydrogen-bond acceptors (Lipinski definition) is 8. The van der Waals surface area contributed by atoms with Gasteiger partial charge >= 0.3 is 12.1 Å². The van der Waals surface area contributed by atoms with Crippen molar-refractivity contribution >= 4 is 34.3 Å². The minimum Gasteiger partial charge on any atom is -0.497 e. The van der Waals surface area contributed by atoms with Gasteiger partial charge in [-0.05, 0) is 42.8 Å². The van der Waals surface area contributed by atoms with Crippen LogP contribution < -0.4 is 30.7 Å². The normalized spacial score (nSPS) is 15.1. The highest BCUT2D eigenvalue weighted by Crippen LogP contribution is 2.41. The number of urea groups is 1. The monoisotopic (exact) mass is 454 g/mol. The number of anilines is 2. The van der Waals surface area contributed by atoms with Gasteiger partial charge in [-0.1, -0.05) is 0 Å². The van der Waals surface area contributed by atoms with Crippen molar-refractivity contribution in [1.29, 1.82) is 0 Å². The van der Waals surface area contributed by atoms with Crippen molar-refractivity contribution in [2.75, 3.05) is 30.8 Å². The zero-order valence-corrected chi connectivity index (χ0v) is 18.1. The second-order valence-electron chi connectivity index (χ2n) is 6.93. The van der Waals surface area contributed by atoms with Crippen molar-refractivity contribution in [3.8, 4) is 21.9 Å². The molecule has 0 bridgehead atoms. The standard InChI is InChI=1S/C21H22N6O4S/c1-30-15-4-2-13(3-5-15)17-10-16(31-21(29)25-14-6-7-22-11-14)19(32-17)27-20(28)26-18-12-23-8-9-24-18/h2-5,8-10,12,14,22H,6-7,11H2,1H3,(H,25,29)(H2,24,26,27,28)/t14-/m0/s1. The van der Waals surface area contributed by atoms with E-state index in [0.29, 0.717) is 17.4 Å². The number of amides is 3. The second kappa shape index (κ2) is 10.1. The Bertz CT molecular complexity index is 1070. The maximum absolute atomic E-state index is 12.5. The van der Waals surface area contributed by atoms with Gasteiger partial charge in [-0.15, -0.1) is 11.3 Å². The third-order valence-corrected chi connectivity index (χ3v) is 5.77. The molecule has 1 aliphatic rings. The van der Waals surface area contributed by atoms with Crippen molar-refractivity contribution in [2.45, 2.75) is 12.5 Å². The first-order valence-corrected chi connectivity index (χ1v) is 10.7. The van der Waals surface area contributed by atoms with Gasteiger partial charge in [-0.2, -0.15) is 0 Å². The van der Waals surface area contributed by atoms with E-state index in [-0.39, 0.29) is 11.8 Å². The average Bonchev–Trinajstić information content (AvgIpc) is 3.44. The summed E-state index contributed by atoms with van der Waals surface area (Å²) in [5.41, 5.74) is 0.892. The van der Waals surface area contributed by atoms with Crippen LogP contribution in [0.15, 0.2) is 48.9 Å². The summed E-state index contributed by atoms with van der Waals surface area (Å²) < 4.78 is 10.7. The van der Waals surface area contributed by atoms with E-state index in [4.69, 9.17) is 9.47 Å². The van der Waals surface area contributed by atoms with E-state index in [9.17, 15) is 9.59 Å². The first-order valence-electron chi connectivity index (χ1n) is 9.92. The molecular formula is C21H22N6O4S. The number of hydrogen-bond donors (Lipinski definition) is 4. The van der Waals surface area contributed by atoms with Crippen LogP contribution in [0, 0.1) is 0 Å². The molecule has 3 amide bonds. The van der Waals surface area contributed by atoms with Gasteiger partial charge in [0.15, 0.2) is 11.6 Å². The van der Waals surface area contributed by atoms with Gasteiger partial charge in [-0.3, -0.25) is 15.6 Å². The molecule has 2 aromatic heterocycles. The third-order valence-electron chi connectivity index (χ3n) is 4.69. The summed E-state index contributed by atoms with van der Waals surface area (Å²) in [4.78, 5) is 33.6. The first kappa shape index (κ1) is 21.5. The van der Waals surface area contributed by atoms with E-state index >= 15 is 0 Å². The lowest BCUT2D eigenvalue weighted by Gasteiger charge is -2.12. The van der Waals surface area contributed by atoms with Crippen molar-refractivity contribution < 1.29 is 19.1 Å². The predicted octanol–water partition coefficient (Wildman–Crippen LogP) is 3.31. The quantitative estimate of drug-likeness (QED) is 0.450. The highest BCUT2D eigenvalue weighted by molar-refractivity contribution is 7.20. The molecule has 3 heterocycles. The number of benzene rings is 1. The molecule has 3 aromatic rings. The van der Waals surface area contributed by atoms with Gasteiger partial charge in [0.05, 0.1) is 13.3 Å². The number of methoxy groups -OCH3 is 1. The number of ether oxygens (including phenoxy) is 2. The van der Waals surface area contributed by atoms with Crippen molar-refractivity contribution in [1.82, 2.24) is 20.6 Å². The fourth-order valence-electron chi connectivity index (χ4n) is 3.12. The molecule has 166 valence electrons. The molecule has 1 atom stereocenters. The number of rotatable bonds is 6. The first-order chi connectivity index (χ1) is 15.6. The minimum absolute atomic E-state index is 0.0126. The Morgan fingerprint density at radius 3 is 2.72 bits per heavy atom. The number of carbonyl (C=O) groups excluding carboxylic acids is 2. The third kappa shape index (κ3) is 5.50. The smallest absolute Gasteiger partial charge is 0.412 e. The van der Waals surface area contributed by atoms with E-state index in [0.717, 1.165) is 29.2 Å². The van der Waals surface area contributed by atoms with Crippen LogP contribution in [-0.4, -0.2) is 48.3 Å². The number of carbonyl (C=O) groups is 2. The van der Waals surface area contributed by atoms with Crippen molar-refractivity contribution in [3.63, 3.8) is 0 Å². The summed E-state index contributed by atoms with van der Waals surface area (Å²) >= 11 is 1.28. The molecule has 1 aliphatic heterocycles. The Kier molecular flexibility index (Phi) is 6.78. The minimum atomic E-state index is -0.574. The second-order valence-corrected chi connectivity index (χ2v) is 7.98. The summed E-state index contributed by atoms with van der Waals surface area (Å²) in [6.45, 7) is 1.54.